The summed E-state index contributed by atoms with van der Waals surface area (Å²) in [7, 11) is 0. The summed E-state index contributed by atoms with van der Waals surface area (Å²) in [4.78, 5) is 31.8. The number of thiazole rings is 1. The third-order valence-corrected chi connectivity index (χ3v) is 7.21. The maximum atomic E-state index is 13.8. The van der Waals surface area contributed by atoms with Gasteiger partial charge >= 0.3 is 5.97 Å². The molecule has 4 rings (SSSR count). The summed E-state index contributed by atoms with van der Waals surface area (Å²) in [6, 6.07) is 9.48. The minimum absolute atomic E-state index is 0.179. The fraction of sp³-hybridized carbons (Fsp3) is 0.192. The average Bonchev–Trinajstić information content (AvgIpc) is 3.12. The lowest BCUT2D eigenvalue weighted by molar-refractivity contribution is -0.139. The van der Waals surface area contributed by atoms with Crippen molar-refractivity contribution in [1.82, 2.24) is 4.57 Å². The second kappa shape index (κ2) is 11.0. The Balaban J connectivity index is 1.98. The van der Waals surface area contributed by atoms with Crippen molar-refractivity contribution in [3.63, 3.8) is 0 Å². The van der Waals surface area contributed by atoms with Crippen molar-refractivity contribution in [2.24, 2.45) is 4.99 Å². The number of rotatable bonds is 7. The van der Waals surface area contributed by atoms with Crippen LogP contribution in [0.5, 0.6) is 5.75 Å². The number of halogens is 3. The van der Waals surface area contributed by atoms with Crippen LogP contribution in [0.25, 0.3) is 6.08 Å². The van der Waals surface area contributed by atoms with Crippen LogP contribution < -0.4 is 19.6 Å². The third kappa shape index (κ3) is 5.02. The van der Waals surface area contributed by atoms with Crippen molar-refractivity contribution < 1.29 is 14.3 Å². The lowest BCUT2D eigenvalue weighted by Crippen LogP contribution is -2.40. The van der Waals surface area contributed by atoms with Crippen LogP contribution in [0.2, 0.25) is 15.1 Å². The molecule has 1 atom stereocenters. The molecular weight excluding hydrogens is 543 g/mol. The Morgan fingerprint density at radius 2 is 1.97 bits per heavy atom. The number of esters is 1. The Morgan fingerprint density at radius 1 is 1.22 bits per heavy atom. The summed E-state index contributed by atoms with van der Waals surface area (Å²) in [6.45, 7) is 7.49. The van der Waals surface area contributed by atoms with Crippen molar-refractivity contribution in [2.45, 2.75) is 19.9 Å². The van der Waals surface area contributed by atoms with Crippen LogP contribution in [-0.2, 0) is 9.53 Å². The van der Waals surface area contributed by atoms with Crippen molar-refractivity contribution in [3.05, 3.63) is 106 Å². The molecule has 6 nitrogen and oxygen atoms in total. The minimum Gasteiger partial charge on any atom is -0.487 e. The predicted molar refractivity (Wildman–Crippen MR) is 144 cm³/mol. The van der Waals surface area contributed by atoms with Crippen LogP contribution in [0.15, 0.2) is 70.1 Å². The van der Waals surface area contributed by atoms with Gasteiger partial charge in [-0.15, -0.1) is 0 Å². The highest BCUT2D eigenvalue weighted by atomic mass is 35.5. The van der Waals surface area contributed by atoms with Crippen LogP contribution in [-0.4, -0.2) is 23.8 Å². The van der Waals surface area contributed by atoms with Gasteiger partial charge in [0.15, 0.2) is 4.80 Å². The van der Waals surface area contributed by atoms with Gasteiger partial charge in [-0.2, -0.15) is 0 Å². The van der Waals surface area contributed by atoms with E-state index < -0.39 is 12.0 Å². The van der Waals surface area contributed by atoms with Crippen molar-refractivity contribution >= 4 is 58.2 Å². The Hall–Kier alpha value is -2.84. The van der Waals surface area contributed by atoms with Crippen molar-refractivity contribution in [3.8, 4) is 5.75 Å². The fourth-order valence-electron chi connectivity index (χ4n) is 3.91. The number of fused-ring (bicyclic) bond motifs is 1. The molecule has 10 heteroatoms. The van der Waals surface area contributed by atoms with Gasteiger partial charge in [0.2, 0.25) is 0 Å². The van der Waals surface area contributed by atoms with E-state index in [0.717, 1.165) is 0 Å². The number of carbonyl (C=O) groups excluding carboxylic acids is 1. The van der Waals surface area contributed by atoms with Gasteiger partial charge in [-0.05, 0) is 43.7 Å². The largest absolute Gasteiger partial charge is 0.487 e. The summed E-state index contributed by atoms with van der Waals surface area (Å²) in [5.74, 6) is -0.183. The summed E-state index contributed by atoms with van der Waals surface area (Å²) < 4.78 is 12.9. The number of allylic oxidation sites excluding steroid dienone is 1. The van der Waals surface area contributed by atoms with E-state index in [9.17, 15) is 9.59 Å². The van der Waals surface area contributed by atoms with Gasteiger partial charge in [-0.1, -0.05) is 77.0 Å². The molecule has 1 aliphatic rings. The van der Waals surface area contributed by atoms with E-state index in [1.165, 1.54) is 15.9 Å². The zero-order valence-corrected chi connectivity index (χ0v) is 22.5. The number of nitrogens with zero attached hydrogens (tertiary/aromatic N) is 2. The molecule has 0 saturated carbocycles. The highest BCUT2D eigenvalue weighted by molar-refractivity contribution is 7.07. The van der Waals surface area contributed by atoms with Crippen LogP contribution in [0, 0.1) is 0 Å². The highest BCUT2D eigenvalue weighted by Crippen LogP contribution is 2.35. The number of hydrogen-bond donors (Lipinski definition) is 0. The molecule has 1 aromatic heterocycles. The number of aromatic nitrogens is 1. The first-order valence-electron chi connectivity index (χ1n) is 10.9. The van der Waals surface area contributed by atoms with E-state index in [1.54, 1.807) is 62.4 Å². The summed E-state index contributed by atoms with van der Waals surface area (Å²) >= 11 is 20.3. The normalized spacial score (nSPS) is 15.4. The SMILES string of the molecule is C=CCOc1c(Cl)cc(Cl)cc1/C=c1\sc2n(c1=O)[C@@H](c1ccccc1Cl)C(C(=O)OCC)=C(C)N=2. The number of benzene rings is 2. The zero-order chi connectivity index (χ0) is 26.0. The third-order valence-electron chi connectivity index (χ3n) is 5.39. The summed E-state index contributed by atoms with van der Waals surface area (Å²) in [5, 5.41) is 1.10. The number of carbonyl (C=O) groups is 1. The van der Waals surface area contributed by atoms with Crippen LogP contribution >= 0.6 is 46.1 Å². The van der Waals surface area contributed by atoms with Gasteiger partial charge < -0.3 is 9.47 Å². The Kier molecular flexibility index (Phi) is 8.05. The summed E-state index contributed by atoms with van der Waals surface area (Å²) in [5.41, 5.74) is 1.46. The van der Waals surface area contributed by atoms with Crippen LogP contribution in [0.3, 0.4) is 0 Å². The monoisotopic (exact) mass is 562 g/mol. The maximum Gasteiger partial charge on any atom is 0.338 e. The molecule has 2 aromatic carbocycles. The molecule has 0 N–H and O–H groups in total. The van der Waals surface area contributed by atoms with Crippen LogP contribution in [0.1, 0.15) is 31.0 Å². The van der Waals surface area contributed by atoms with Crippen molar-refractivity contribution in [2.75, 3.05) is 13.2 Å². The highest BCUT2D eigenvalue weighted by Gasteiger charge is 2.34. The molecule has 1 aliphatic heterocycles. The van der Waals surface area contributed by atoms with Gasteiger partial charge in [-0.25, -0.2) is 9.79 Å². The van der Waals surface area contributed by atoms with E-state index in [-0.39, 0.29) is 24.3 Å². The maximum absolute atomic E-state index is 13.8. The topological polar surface area (TPSA) is 69.9 Å². The quantitative estimate of drug-likeness (QED) is 0.288. The Morgan fingerprint density at radius 3 is 2.67 bits per heavy atom. The number of hydrogen-bond acceptors (Lipinski definition) is 6. The molecule has 36 heavy (non-hydrogen) atoms. The second-order valence-electron chi connectivity index (χ2n) is 7.73. The molecule has 0 bridgehead atoms. The molecule has 2 heterocycles. The second-order valence-corrected chi connectivity index (χ2v) is 9.99. The summed E-state index contributed by atoms with van der Waals surface area (Å²) in [6.07, 6.45) is 3.24. The molecule has 0 saturated heterocycles. The van der Waals surface area contributed by atoms with Gasteiger partial charge in [-0.3, -0.25) is 9.36 Å². The van der Waals surface area contributed by atoms with E-state index >= 15 is 0 Å². The molecule has 0 spiro atoms. The zero-order valence-electron chi connectivity index (χ0n) is 19.4. The molecule has 186 valence electrons. The lowest BCUT2D eigenvalue weighted by Gasteiger charge is -2.25. The Bertz CT molecular complexity index is 1570. The van der Waals surface area contributed by atoms with Gasteiger partial charge in [0.1, 0.15) is 18.4 Å². The first-order chi connectivity index (χ1) is 17.3. The molecule has 0 aliphatic carbocycles. The number of ether oxygens (including phenoxy) is 2. The minimum atomic E-state index is -0.810. The molecule has 0 radical (unpaired) electrons. The Labute approximate surface area is 226 Å². The van der Waals surface area contributed by atoms with Crippen LogP contribution in [0.4, 0.5) is 0 Å². The van der Waals surface area contributed by atoms with Gasteiger partial charge in [0.05, 0.1) is 27.4 Å². The molecule has 3 aromatic rings. The van der Waals surface area contributed by atoms with Gasteiger partial charge in [0.25, 0.3) is 5.56 Å². The predicted octanol–water partition coefficient (Wildman–Crippen LogP) is 5.32. The first kappa shape index (κ1) is 26.2. The van der Waals surface area contributed by atoms with Crippen molar-refractivity contribution in [1.29, 1.82) is 0 Å². The van der Waals surface area contributed by atoms with Gasteiger partial charge in [0, 0.05) is 15.6 Å². The van der Waals surface area contributed by atoms with E-state index in [1.807, 2.05) is 0 Å². The average molecular weight is 564 g/mol. The fourth-order valence-corrected chi connectivity index (χ4v) is 5.75. The van der Waals surface area contributed by atoms with E-state index in [0.29, 0.717) is 47.0 Å². The van der Waals surface area contributed by atoms with E-state index in [2.05, 4.69) is 11.6 Å². The molecule has 0 unspecified atom stereocenters. The molecular formula is C26H21Cl3N2O4S. The molecule has 0 amide bonds. The standard InChI is InChI=1S/C26H21Cl3N2O4S/c1-4-10-35-23-15(11-16(27)13-19(23)29)12-20-24(32)31-22(17-8-6-7-9-18(17)28)21(25(33)34-5-2)14(3)30-26(31)36-20/h4,6-9,11-13,22H,1,5,10H2,2-3H3/b20-12-/t22-/m0/s1. The smallest absolute Gasteiger partial charge is 0.338 e. The first-order valence-corrected chi connectivity index (χ1v) is 12.9. The lowest BCUT2D eigenvalue weighted by atomic mass is 9.96. The van der Waals surface area contributed by atoms with E-state index in [4.69, 9.17) is 44.3 Å². The molecule has 0 fully saturated rings.